The Hall–Kier alpha value is -1.61. The van der Waals surface area contributed by atoms with E-state index >= 15 is 0 Å². The first kappa shape index (κ1) is 10.5. The van der Waals surface area contributed by atoms with Crippen molar-refractivity contribution >= 4 is 16.8 Å². The van der Waals surface area contributed by atoms with Crippen LogP contribution in [0.25, 0.3) is 11.0 Å². The molecular formula is C14H14O3. The number of furan rings is 1. The summed E-state index contributed by atoms with van der Waals surface area (Å²) in [6.07, 6.45) is 2.47. The van der Waals surface area contributed by atoms with Gasteiger partial charge >= 0.3 is 0 Å². The molecule has 0 radical (unpaired) electrons. The molecule has 0 atom stereocenters. The number of carbonyl (C=O) groups excluding carboxylic acids is 1. The van der Waals surface area contributed by atoms with E-state index in [1.165, 1.54) is 12.8 Å². The van der Waals surface area contributed by atoms with Crippen LogP contribution in [0.3, 0.4) is 0 Å². The van der Waals surface area contributed by atoms with Gasteiger partial charge in [-0.3, -0.25) is 4.79 Å². The van der Waals surface area contributed by atoms with Gasteiger partial charge in [-0.05, 0) is 30.9 Å². The molecule has 0 spiro atoms. The molecule has 1 aromatic heterocycles. The fraction of sp³-hybridized carbons (Fsp3) is 0.357. The molecule has 3 heteroatoms. The van der Waals surface area contributed by atoms with Crippen molar-refractivity contribution in [3.8, 4) is 0 Å². The van der Waals surface area contributed by atoms with Crippen molar-refractivity contribution in [2.45, 2.75) is 12.8 Å². The third-order valence-electron chi connectivity index (χ3n) is 2.98. The zero-order valence-corrected chi connectivity index (χ0v) is 9.52. The topological polar surface area (TPSA) is 39.4 Å². The Labute approximate surface area is 99.4 Å². The van der Waals surface area contributed by atoms with Crippen LogP contribution in [0.2, 0.25) is 0 Å². The second-order valence-electron chi connectivity index (χ2n) is 4.53. The molecule has 1 fully saturated rings. The Morgan fingerprint density at radius 3 is 2.94 bits per heavy atom. The predicted octanol–water partition coefficient (Wildman–Crippen LogP) is 3.04. The zero-order chi connectivity index (χ0) is 11.7. The molecule has 17 heavy (non-hydrogen) atoms. The van der Waals surface area contributed by atoms with E-state index < -0.39 is 0 Å². The van der Waals surface area contributed by atoms with Crippen LogP contribution < -0.4 is 0 Å². The lowest BCUT2D eigenvalue weighted by Gasteiger charge is -1.99. The number of hydrogen-bond acceptors (Lipinski definition) is 3. The van der Waals surface area contributed by atoms with Gasteiger partial charge in [-0.25, -0.2) is 0 Å². The second kappa shape index (κ2) is 4.34. The minimum Gasteiger partial charge on any atom is -0.453 e. The van der Waals surface area contributed by atoms with Crippen LogP contribution >= 0.6 is 0 Å². The fourth-order valence-corrected chi connectivity index (χ4v) is 1.79. The largest absolute Gasteiger partial charge is 0.453 e. The Morgan fingerprint density at radius 1 is 1.35 bits per heavy atom. The smallest absolute Gasteiger partial charge is 0.223 e. The highest BCUT2D eigenvalue weighted by Gasteiger charge is 2.22. The monoisotopic (exact) mass is 230 g/mol. The third kappa shape index (κ3) is 2.39. The Bertz CT molecular complexity index is 504. The van der Waals surface area contributed by atoms with E-state index in [4.69, 9.17) is 9.15 Å². The SMILES string of the molecule is O=C(COCC1CC1)c1cc2ccccc2o1. The maximum Gasteiger partial charge on any atom is 0.223 e. The molecule has 1 aromatic carbocycles. The molecule has 1 aliphatic rings. The summed E-state index contributed by atoms with van der Waals surface area (Å²) in [4.78, 5) is 11.8. The minimum atomic E-state index is -0.0816. The summed E-state index contributed by atoms with van der Waals surface area (Å²) in [5.41, 5.74) is 0.748. The molecule has 0 amide bonds. The van der Waals surface area contributed by atoms with Gasteiger partial charge in [0.2, 0.25) is 5.78 Å². The Kier molecular flexibility index (Phi) is 2.69. The molecule has 3 rings (SSSR count). The molecule has 1 aliphatic carbocycles. The van der Waals surface area contributed by atoms with Crippen LogP contribution in [0.1, 0.15) is 23.4 Å². The van der Waals surface area contributed by atoms with Gasteiger partial charge in [-0.1, -0.05) is 18.2 Å². The lowest BCUT2D eigenvalue weighted by atomic mass is 10.2. The third-order valence-corrected chi connectivity index (χ3v) is 2.98. The Balaban J connectivity index is 1.67. The molecule has 0 bridgehead atoms. The van der Waals surface area contributed by atoms with Crippen molar-refractivity contribution in [1.29, 1.82) is 0 Å². The normalized spacial score (nSPS) is 15.3. The molecule has 0 N–H and O–H groups in total. The number of ether oxygens (including phenoxy) is 1. The van der Waals surface area contributed by atoms with Gasteiger partial charge < -0.3 is 9.15 Å². The minimum absolute atomic E-state index is 0.0816. The summed E-state index contributed by atoms with van der Waals surface area (Å²) < 4.78 is 10.8. The van der Waals surface area contributed by atoms with Gasteiger partial charge in [0, 0.05) is 5.39 Å². The number of benzene rings is 1. The van der Waals surface area contributed by atoms with E-state index in [1.807, 2.05) is 24.3 Å². The first-order chi connectivity index (χ1) is 8.33. The maximum absolute atomic E-state index is 11.8. The van der Waals surface area contributed by atoms with E-state index in [0.29, 0.717) is 18.3 Å². The van der Waals surface area contributed by atoms with Crippen LogP contribution in [0.4, 0.5) is 0 Å². The number of para-hydroxylation sites is 1. The first-order valence-corrected chi connectivity index (χ1v) is 5.92. The van der Waals surface area contributed by atoms with E-state index in [2.05, 4.69) is 0 Å². The number of Topliss-reactive ketones (excluding diaryl/α,β-unsaturated/α-hetero) is 1. The van der Waals surface area contributed by atoms with E-state index in [9.17, 15) is 4.79 Å². The molecule has 1 heterocycles. The van der Waals surface area contributed by atoms with Gasteiger partial charge in [0.15, 0.2) is 5.76 Å². The number of fused-ring (bicyclic) bond motifs is 1. The van der Waals surface area contributed by atoms with Crippen LogP contribution in [0.5, 0.6) is 0 Å². The number of hydrogen-bond donors (Lipinski definition) is 0. The highest BCUT2D eigenvalue weighted by Crippen LogP contribution is 2.28. The van der Waals surface area contributed by atoms with Crippen LogP contribution in [0.15, 0.2) is 34.7 Å². The standard InChI is InChI=1S/C14H14O3/c15-12(9-16-8-10-5-6-10)14-7-11-3-1-2-4-13(11)17-14/h1-4,7,10H,5-6,8-9H2. The molecule has 88 valence electrons. The zero-order valence-electron chi connectivity index (χ0n) is 9.52. The first-order valence-electron chi connectivity index (χ1n) is 5.92. The van der Waals surface area contributed by atoms with Crippen LogP contribution in [-0.2, 0) is 4.74 Å². The van der Waals surface area contributed by atoms with E-state index in [-0.39, 0.29) is 12.4 Å². The molecule has 1 saturated carbocycles. The maximum atomic E-state index is 11.8. The average molecular weight is 230 g/mol. The second-order valence-corrected chi connectivity index (χ2v) is 4.53. The van der Waals surface area contributed by atoms with Crippen molar-refractivity contribution in [2.24, 2.45) is 5.92 Å². The van der Waals surface area contributed by atoms with E-state index in [1.54, 1.807) is 6.07 Å². The summed E-state index contributed by atoms with van der Waals surface area (Å²) in [6.45, 7) is 0.822. The summed E-state index contributed by atoms with van der Waals surface area (Å²) in [5.74, 6) is 0.988. The van der Waals surface area contributed by atoms with Crippen molar-refractivity contribution in [3.63, 3.8) is 0 Å². The van der Waals surface area contributed by atoms with Crippen LogP contribution in [0, 0.1) is 5.92 Å². The highest BCUT2D eigenvalue weighted by atomic mass is 16.5. The highest BCUT2D eigenvalue weighted by molar-refractivity contribution is 5.98. The molecule has 2 aromatic rings. The van der Waals surface area contributed by atoms with Gasteiger partial charge in [0.1, 0.15) is 12.2 Å². The lowest BCUT2D eigenvalue weighted by molar-refractivity contribution is 0.0715. The quantitative estimate of drug-likeness (QED) is 0.741. The fourth-order valence-electron chi connectivity index (χ4n) is 1.79. The van der Waals surface area contributed by atoms with Crippen LogP contribution in [-0.4, -0.2) is 19.0 Å². The van der Waals surface area contributed by atoms with E-state index in [0.717, 1.165) is 11.0 Å². The summed E-state index contributed by atoms with van der Waals surface area (Å²) in [6, 6.07) is 9.38. The van der Waals surface area contributed by atoms with Gasteiger partial charge in [0.25, 0.3) is 0 Å². The van der Waals surface area contributed by atoms with Gasteiger partial charge in [-0.15, -0.1) is 0 Å². The van der Waals surface area contributed by atoms with Crippen molar-refractivity contribution in [2.75, 3.05) is 13.2 Å². The molecule has 0 saturated heterocycles. The number of ketones is 1. The Morgan fingerprint density at radius 2 is 2.18 bits per heavy atom. The van der Waals surface area contributed by atoms with Gasteiger partial charge in [-0.2, -0.15) is 0 Å². The summed E-state index contributed by atoms with van der Waals surface area (Å²) in [5, 5.41) is 0.957. The lowest BCUT2D eigenvalue weighted by Crippen LogP contribution is -2.09. The molecule has 3 nitrogen and oxygen atoms in total. The number of carbonyl (C=O) groups is 1. The van der Waals surface area contributed by atoms with Gasteiger partial charge in [0.05, 0.1) is 6.61 Å². The number of rotatable bonds is 5. The summed E-state index contributed by atoms with van der Waals surface area (Å²) in [7, 11) is 0. The molecular weight excluding hydrogens is 216 g/mol. The predicted molar refractivity (Wildman–Crippen MR) is 64.1 cm³/mol. The van der Waals surface area contributed by atoms with Crippen molar-refractivity contribution in [1.82, 2.24) is 0 Å². The summed E-state index contributed by atoms with van der Waals surface area (Å²) >= 11 is 0. The molecule has 0 aliphatic heterocycles. The molecule has 0 unspecified atom stereocenters. The van der Waals surface area contributed by atoms with Crippen molar-refractivity contribution in [3.05, 3.63) is 36.1 Å². The average Bonchev–Trinajstić information content (AvgIpc) is 3.06. The van der Waals surface area contributed by atoms with Crippen molar-refractivity contribution < 1.29 is 13.9 Å².